The van der Waals surface area contributed by atoms with Crippen molar-refractivity contribution >= 4 is 38.2 Å². The molecule has 0 amide bonds. The molecule has 1 aliphatic rings. The van der Waals surface area contributed by atoms with E-state index in [1.54, 1.807) is 0 Å². The summed E-state index contributed by atoms with van der Waals surface area (Å²) in [7, 11) is 0. The van der Waals surface area contributed by atoms with E-state index in [4.69, 9.17) is 4.42 Å². The third kappa shape index (κ3) is 3.08. The van der Waals surface area contributed by atoms with Gasteiger partial charge < -0.3 is 14.6 Å². The molecule has 0 bridgehead atoms. The largest absolute Gasteiger partial charge is 0.422 e. The Labute approximate surface area is 166 Å². The van der Waals surface area contributed by atoms with Gasteiger partial charge in [-0.15, -0.1) is 11.3 Å². The highest BCUT2D eigenvalue weighted by atomic mass is 32.1. The van der Waals surface area contributed by atoms with Crippen LogP contribution in [-0.2, 0) is 0 Å². The number of fused-ring (bicyclic) bond motifs is 2. The molecule has 2 atom stereocenters. The number of anilines is 1. The molecule has 0 aliphatic carbocycles. The van der Waals surface area contributed by atoms with Gasteiger partial charge >= 0.3 is 5.63 Å². The molecule has 0 spiro atoms. The van der Waals surface area contributed by atoms with Crippen LogP contribution in [0.15, 0.2) is 57.7 Å². The summed E-state index contributed by atoms with van der Waals surface area (Å²) >= 11 is 1.51. The molecule has 0 saturated carbocycles. The fraction of sp³-hybridized carbons (Fsp3) is 0.273. The summed E-state index contributed by atoms with van der Waals surface area (Å²) in [6.45, 7) is 6.25. The maximum Gasteiger partial charge on any atom is 0.346 e. The molecule has 4 aromatic rings. The van der Waals surface area contributed by atoms with Crippen molar-refractivity contribution in [3.05, 3.63) is 59.0 Å². The van der Waals surface area contributed by atoms with E-state index in [0.717, 1.165) is 34.4 Å². The van der Waals surface area contributed by atoms with Crippen LogP contribution >= 0.6 is 11.3 Å². The number of nitrogens with one attached hydrogen (secondary N) is 1. The Hall–Kier alpha value is -2.70. The van der Waals surface area contributed by atoms with Gasteiger partial charge in [0.1, 0.15) is 10.6 Å². The van der Waals surface area contributed by atoms with E-state index in [9.17, 15) is 4.79 Å². The molecule has 0 radical (unpaired) electrons. The minimum atomic E-state index is -0.342. The van der Waals surface area contributed by atoms with Crippen molar-refractivity contribution in [2.75, 3.05) is 18.0 Å². The lowest BCUT2D eigenvalue weighted by atomic mass is 10.1. The number of hydrogen-bond donors (Lipinski definition) is 1. The normalized spacial score (nSPS) is 20.1. The van der Waals surface area contributed by atoms with Crippen LogP contribution in [0.1, 0.15) is 13.8 Å². The maximum absolute atomic E-state index is 12.7. The molecule has 28 heavy (non-hydrogen) atoms. The first-order valence-electron chi connectivity index (χ1n) is 9.52. The molecule has 1 N–H and O–H groups in total. The van der Waals surface area contributed by atoms with Crippen LogP contribution in [0.3, 0.4) is 0 Å². The molecule has 2 unspecified atom stereocenters. The second-order valence-electron chi connectivity index (χ2n) is 7.53. The van der Waals surface area contributed by atoms with Crippen molar-refractivity contribution < 1.29 is 4.42 Å². The summed E-state index contributed by atoms with van der Waals surface area (Å²) in [5.74, 6) is 0. The summed E-state index contributed by atoms with van der Waals surface area (Å²) in [6, 6.07) is 16.8. The van der Waals surface area contributed by atoms with E-state index in [1.165, 1.54) is 11.3 Å². The topological polar surface area (TPSA) is 58.4 Å². The highest BCUT2D eigenvalue weighted by molar-refractivity contribution is 7.21. The Kier molecular flexibility index (Phi) is 4.18. The van der Waals surface area contributed by atoms with Gasteiger partial charge in [0, 0.05) is 42.3 Å². The molecule has 2 aromatic heterocycles. The second-order valence-corrected chi connectivity index (χ2v) is 8.56. The predicted octanol–water partition coefficient (Wildman–Crippen LogP) is 4.26. The maximum atomic E-state index is 12.7. The lowest BCUT2D eigenvalue weighted by Gasteiger charge is -2.37. The number of aromatic nitrogens is 1. The minimum Gasteiger partial charge on any atom is -0.422 e. The number of hydrogen-bond acceptors (Lipinski definition) is 6. The van der Waals surface area contributed by atoms with Gasteiger partial charge in [0.2, 0.25) is 0 Å². The average molecular weight is 391 g/mol. The average Bonchev–Trinajstić information content (AvgIpc) is 3.10. The number of thiazole rings is 1. The van der Waals surface area contributed by atoms with Gasteiger partial charge in [0.15, 0.2) is 0 Å². The number of piperazine rings is 1. The molecule has 1 saturated heterocycles. The quantitative estimate of drug-likeness (QED) is 0.518. The molecule has 6 heteroatoms. The molecular weight excluding hydrogens is 370 g/mol. The van der Waals surface area contributed by atoms with Crippen LogP contribution in [0.4, 0.5) is 5.69 Å². The first-order chi connectivity index (χ1) is 13.6. The highest BCUT2D eigenvalue weighted by Crippen LogP contribution is 2.31. The van der Waals surface area contributed by atoms with Crippen molar-refractivity contribution in [3.8, 4) is 10.6 Å². The number of benzene rings is 2. The number of rotatable bonds is 2. The lowest BCUT2D eigenvalue weighted by Crippen LogP contribution is -2.54. The zero-order valence-electron chi connectivity index (χ0n) is 15.8. The molecule has 1 fully saturated rings. The number of para-hydroxylation sites is 1. The molecule has 1 aliphatic heterocycles. The van der Waals surface area contributed by atoms with Crippen molar-refractivity contribution in [3.63, 3.8) is 0 Å². The van der Waals surface area contributed by atoms with Crippen LogP contribution < -0.4 is 15.8 Å². The molecule has 142 valence electrons. The second kappa shape index (κ2) is 6.72. The van der Waals surface area contributed by atoms with Crippen molar-refractivity contribution in [2.45, 2.75) is 25.9 Å². The van der Waals surface area contributed by atoms with E-state index in [2.05, 4.69) is 35.1 Å². The fourth-order valence-electron chi connectivity index (χ4n) is 3.97. The van der Waals surface area contributed by atoms with Gasteiger partial charge in [-0.2, -0.15) is 0 Å². The summed E-state index contributed by atoms with van der Waals surface area (Å²) < 4.78 is 6.76. The third-order valence-corrected chi connectivity index (χ3v) is 6.24. The molecule has 2 aromatic carbocycles. The Morgan fingerprint density at radius 1 is 1.11 bits per heavy atom. The van der Waals surface area contributed by atoms with Crippen molar-refractivity contribution in [1.29, 1.82) is 0 Å². The molecule has 5 rings (SSSR count). The van der Waals surface area contributed by atoms with Gasteiger partial charge in [0.05, 0.1) is 15.8 Å². The zero-order chi connectivity index (χ0) is 19.3. The van der Waals surface area contributed by atoms with Gasteiger partial charge in [-0.25, -0.2) is 9.78 Å². The van der Waals surface area contributed by atoms with Gasteiger partial charge in [-0.1, -0.05) is 12.1 Å². The van der Waals surface area contributed by atoms with Crippen LogP contribution in [-0.4, -0.2) is 30.2 Å². The van der Waals surface area contributed by atoms with E-state index in [1.807, 2.05) is 42.5 Å². The molecular formula is C22H21N3O2S. The lowest BCUT2D eigenvalue weighted by molar-refractivity contribution is 0.407. The summed E-state index contributed by atoms with van der Waals surface area (Å²) in [5, 5.41) is 5.15. The minimum absolute atomic E-state index is 0.342. The van der Waals surface area contributed by atoms with Gasteiger partial charge in [-0.05, 0) is 44.2 Å². The van der Waals surface area contributed by atoms with Gasteiger partial charge in [0.25, 0.3) is 0 Å². The Morgan fingerprint density at radius 2 is 1.89 bits per heavy atom. The first-order valence-corrected chi connectivity index (χ1v) is 10.3. The van der Waals surface area contributed by atoms with Gasteiger partial charge in [-0.3, -0.25) is 0 Å². The standard InChI is InChI=1S/C22H21N3O2S/c1-13-11-25(12-14(2)23-13)16-8-7-15-9-17(22(26)27-19(15)10-16)21-24-18-5-3-4-6-20(18)28-21/h3-10,13-14,23H,11-12H2,1-2H3. The highest BCUT2D eigenvalue weighted by Gasteiger charge is 2.21. The molecule has 5 nitrogen and oxygen atoms in total. The van der Waals surface area contributed by atoms with Crippen molar-refractivity contribution in [2.24, 2.45) is 0 Å². The fourth-order valence-corrected chi connectivity index (χ4v) is 4.94. The summed E-state index contributed by atoms with van der Waals surface area (Å²) in [5.41, 5.74) is 2.78. The van der Waals surface area contributed by atoms with E-state index in [0.29, 0.717) is 28.2 Å². The van der Waals surface area contributed by atoms with Crippen LogP contribution in [0.2, 0.25) is 0 Å². The Bertz CT molecular complexity index is 1190. The van der Waals surface area contributed by atoms with Crippen molar-refractivity contribution in [1.82, 2.24) is 10.3 Å². The SMILES string of the molecule is CC1CN(c2ccc3cc(-c4nc5ccccc5s4)c(=O)oc3c2)CC(C)N1. The van der Waals surface area contributed by atoms with Crippen LogP contribution in [0, 0.1) is 0 Å². The smallest absolute Gasteiger partial charge is 0.346 e. The van der Waals surface area contributed by atoms with E-state index >= 15 is 0 Å². The molecule has 3 heterocycles. The Balaban J connectivity index is 1.55. The zero-order valence-corrected chi connectivity index (χ0v) is 16.6. The Morgan fingerprint density at radius 3 is 2.68 bits per heavy atom. The van der Waals surface area contributed by atoms with Crippen LogP contribution in [0.5, 0.6) is 0 Å². The van der Waals surface area contributed by atoms with E-state index in [-0.39, 0.29) is 5.63 Å². The predicted molar refractivity (Wildman–Crippen MR) is 115 cm³/mol. The van der Waals surface area contributed by atoms with E-state index < -0.39 is 0 Å². The third-order valence-electron chi connectivity index (χ3n) is 5.17. The van der Waals surface area contributed by atoms with Crippen LogP contribution in [0.25, 0.3) is 31.8 Å². The number of nitrogens with zero attached hydrogens (tertiary/aromatic N) is 2. The summed E-state index contributed by atoms with van der Waals surface area (Å²) in [6.07, 6.45) is 0. The first kappa shape index (κ1) is 17.4. The summed E-state index contributed by atoms with van der Waals surface area (Å²) in [4.78, 5) is 19.6. The monoisotopic (exact) mass is 391 g/mol.